The molecule has 3 rings (SSSR count). The monoisotopic (exact) mass is 398 g/mol. The summed E-state index contributed by atoms with van der Waals surface area (Å²) in [6.07, 6.45) is 3.75. The largest absolute Gasteiger partial charge is 0.389 e. The van der Waals surface area contributed by atoms with Gasteiger partial charge < -0.3 is 19.3 Å². The van der Waals surface area contributed by atoms with E-state index in [0.717, 1.165) is 37.0 Å². The van der Waals surface area contributed by atoms with Crippen LogP contribution in [0.3, 0.4) is 0 Å². The molecule has 0 amide bonds. The molecule has 2 heterocycles. The topological polar surface area (TPSA) is 47.9 Å². The molecule has 146 valence electrons. The van der Waals surface area contributed by atoms with Gasteiger partial charge in [-0.2, -0.15) is 0 Å². The molecule has 6 heteroatoms. The van der Waals surface area contributed by atoms with E-state index in [1.54, 1.807) is 0 Å². The van der Waals surface area contributed by atoms with Gasteiger partial charge in [0.05, 0.1) is 30.2 Å². The number of rotatable bonds is 8. The lowest BCUT2D eigenvalue weighted by Crippen LogP contribution is -2.50. The van der Waals surface area contributed by atoms with Crippen molar-refractivity contribution in [3.63, 3.8) is 0 Å². The predicted octanol–water partition coefficient (Wildman–Crippen LogP) is 4.41. The Morgan fingerprint density at radius 3 is 2.50 bits per heavy atom. The minimum Gasteiger partial charge on any atom is -0.389 e. The number of aliphatic hydroxyl groups is 1. The molecule has 0 aromatic heterocycles. The molecule has 1 aromatic carbocycles. The van der Waals surface area contributed by atoms with Crippen molar-refractivity contribution >= 4 is 21.6 Å². The van der Waals surface area contributed by atoms with Crippen LogP contribution in [0.5, 0.6) is 0 Å². The van der Waals surface area contributed by atoms with Gasteiger partial charge >= 0.3 is 0 Å². The van der Waals surface area contributed by atoms with E-state index in [1.165, 1.54) is 0 Å². The minimum absolute atomic E-state index is 0.169. The van der Waals surface area contributed by atoms with E-state index >= 15 is 0 Å². The van der Waals surface area contributed by atoms with Crippen molar-refractivity contribution in [1.29, 1.82) is 0 Å². The van der Waals surface area contributed by atoms with Crippen molar-refractivity contribution in [3.05, 3.63) is 35.9 Å². The highest BCUT2D eigenvalue weighted by Crippen LogP contribution is 2.53. The lowest BCUT2D eigenvalue weighted by Gasteiger charge is -2.46. The lowest BCUT2D eigenvalue weighted by molar-refractivity contribution is -0.202. The molecule has 0 radical (unpaired) electrons. The predicted molar refractivity (Wildman–Crippen MR) is 108 cm³/mol. The highest BCUT2D eigenvalue weighted by atomic mass is 33.1. The van der Waals surface area contributed by atoms with Crippen molar-refractivity contribution in [1.82, 2.24) is 0 Å². The van der Waals surface area contributed by atoms with E-state index in [-0.39, 0.29) is 4.75 Å². The Morgan fingerprint density at radius 2 is 1.88 bits per heavy atom. The average Bonchev–Trinajstić information content (AvgIpc) is 3.10. The fraction of sp³-hybridized carbons (Fsp3) is 0.700. The van der Waals surface area contributed by atoms with Gasteiger partial charge in [0.1, 0.15) is 6.61 Å². The van der Waals surface area contributed by atoms with Crippen molar-refractivity contribution < 1.29 is 19.3 Å². The first kappa shape index (κ1) is 20.5. The summed E-state index contributed by atoms with van der Waals surface area (Å²) in [5, 5.41) is 10.8. The quantitative estimate of drug-likeness (QED) is 0.655. The van der Waals surface area contributed by atoms with Crippen molar-refractivity contribution in [2.45, 2.75) is 62.3 Å². The smallest absolute Gasteiger partial charge is 0.192 e. The minimum atomic E-state index is -0.740. The van der Waals surface area contributed by atoms with Crippen LogP contribution in [0.15, 0.2) is 30.3 Å². The van der Waals surface area contributed by atoms with Crippen molar-refractivity contribution in [2.24, 2.45) is 0 Å². The van der Waals surface area contributed by atoms with E-state index in [9.17, 15) is 5.11 Å². The number of ether oxygens (including phenoxy) is 3. The molecule has 26 heavy (non-hydrogen) atoms. The van der Waals surface area contributed by atoms with Gasteiger partial charge in [-0.25, -0.2) is 0 Å². The Balaban J connectivity index is 1.60. The first-order valence-electron chi connectivity index (χ1n) is 9.37. The summed E-state index contributed by atoms with van der Waals surface area (Å²) in [7, 11) is 3.70. The molecule has 2 fully saturated rings. The molecule has 0 spiro atoms. The van der Waals surface area contributed by atoms with Gasteiger partial charge in [-0.15, -0.1) is 0 Å². The molecule has 1 aromatic rings. The molecule has 2 saturated heterocycles. The van der Waals surface area contributed by atoms with Gasteiger partial charge in [-0.1, -0.05) is 51.9 Å². The zero-order chi connectivity index (χ0) is 18.5. The molecule has 0 aliphatic carbocycles. The molecular weight excluding hydrogens is 368 g/mol. The van der Waals surface area contributed by atoms with Crippen LogP contribution in [0.4, 0.5) is 0 Å². The van der Waals surface area contributed by atoms with Gasteiger partial charge in [-0.05, 0) is 38.7 Å². The van der Waals surface area contributed by atoms with Gasteiger partial charge in [0.15, 0.2) is 5.79 Å². The Morgan fingerprint density at radius 1 is 1.15 bits per heavy atom. The summed E-state index contributed by atoms with van der Waals surface area (Å²) in [5.74, 6) is 0.469. The molecule has 1 atom stereocenters. The van der Waals surface area contributed by atoms with Crippen LogP contribution >= 0.6 is 21.6 Å². The second-order valence-corrected chi connectivity index (χ2v) is 10.4. The van der Waals surface area contributed by atoms with Crippen LogP contribution in [0, 0.1) is 0 Å². The van der Waals surface area contributed by atoms with Crippen LogP contribution in [0.25, 0.3) is 0 Å². The van der Waals surface area contributed by atoms with E-state index in [4.69, 9.17) is 14.2 Å². The molecule has 1 N–H and O–H groups in total. The van der Waals surface area contributed by atoms with Crippen LogP contribution in [-0.2, 0) is 20.8 Å². The number of benzene rings is 1. The van der Waals surface area contributed by atoms with Gasteiger partial charge in [0.2, 0.25) is 0 Å². The Kier molecular flexibility index (Phi) is 6.97. The van der Waals surface area contributed by atoms with Gasteiger partial charge in [-0.3, -0.25) is 0 Å². The van der Waals surface area contributed by atoms with E-state index in [0.29, 0.717) is 26.4 Å². The number of hydrogen-bond donors (Lipinski definition) is 1. The third-order valence-corrected chi connectivity index (χ3v) is 8.91. The molecule has 1 unspecified atom stereocenters. The highest BCUT2D eigenvalue weighted by molar-refractivity contribution is 8.77. The fourth-order valence-electron chi connectivity index (χ4n) is 3.58. The fourth-order valence-corrected chi connectivity index (χ4v) is 7.16. The zero-order valence-corrected chi connectivity index (χ0v) is 17.4. The van der Waals surface area contributed by atoms with E-state index < -0.39 is 11.4 Å². The van der Waals surface area contributed by atoms with E-state index in [1.807, 2.05) is 53.6 Å². The highest BCUT2D eigenvalue weighted by Gasteiger charge is 2.48. The second-order valence-electron chi connectivity index (χ2n) is 7.65. The molecule has 4 nitrogen and oxygen atoms in total. The lowest BCUT2D eigenvalue weighted by atomic mass is 9.81. The van der Waals surface area contributed by atoms with E-state index in [2.05, 4.69) is 12.1 Å². The third-order valence-electron chi connectivity index (χ3n) is 5.30. The van der Waals surface area contributed by atoms with Gasteiger partial charge in [0, 0.05) is 12.2 Å². The maximum atomic E-state index is 10.8. The Bertz CT molecular complexity index is 547. The molecule has 0 bridgehead atoms. The Hall–Kier alpha value is -0.240. The zero-order valence-electron chi connectivity index (χ0n) is 15.7. The second kappa shape index (κ2) is 8.84. The maximum Gasteiger partial charge on any atom is 0.192 e. The first-order valence-corrected chi connectivity index (χ1v) is 11.7. The molecular formula is C20H30O4S2. The maximum absolute atomic E-state index is 10.8. The first-order chi connectivity index (χ1) is 12.4. The standard InChI is InChI=1S/C20H30O4S2/c1-18(2,21)19(9-6-14-25-26-19)10-11-20(23-12-13-24-20)16-22-15-17-7-4-3-5-8-17/h3-5,7-8,21H,6,9-16H2,1-2H3. The molecule has 0 saturated carbocycles. The van der Waals surface area contributed by atoms with Crippen LogP contribution in [0.2, 0.25) is 0 Å². The summed E-state index contributed by atoms with van der Waals surface area (Å²) in [4.78, 5) is 0. The van der Waals surface area contributed by atoms with Crippen LogP contribution in [0.1, 0.15) is 45.1 Å². The summed E-state index contributed by atoms with van der Waals surface area (Å²) in [6, 6.07) is 10.2. The Labute approximate surface area is 164 Å². The summed E-state index contributed by atoms with van der Waals surface area (Å²) >= 11 is 0. The molecule has 2 aliphatic rings. The van der Waals surface area contributed by atoms with Crippen LogP contribution in [-0.4, -0.2) is 46.8 Å². The molecule has 2 aliphatic heterocycles. The third kappa shape index (κ3) is 4.97. The van der Waals surface area contributed by atoms with Crippen LogP contribution < -0.4 is 0 Å². The summed E-state index contributed by atoms with van der Waals surface area (Å²) in [6.45, 7) is 6.04. The SMILES string of the molecule is CC(C)(O)C1(CCC2(COCc3ccccc3)OCCO2)CCCSS1. The normalized spacial score (nSPS) is 26.1. The summed E-state index contributed by atoms with van der Waals surface area (Å²) < 4.78 is 17.7. The van der Waals surface area contributed by atoms with Crippen molar-refractivity contribution in [3.8, 4) is 0 Å². The van der Waals surface area contributed by atoms with Crippen molar-refractivity contribution in [2.75, 3.05) is 25.6 Å². The van der Waals surface area contributed by atoms with Gasteiger partial charge in [0.25, 0.3) is 0 Å². The average molecular weight is 399 g/mol. The summed E-state index contributed by atoms with van der Waals surface area (Å²) in [5.41, 5.74) is 0.406. The number of hydrogen-bond acceptors (Lipinski definition) is 6.